The second-order valence-corrected chi connectivity index (χ2v) is 14.6. The van der Waals surface area contributed by atoms with Gasteiger partial charge in [-0.05, 0) is 72.1 Å². The van der Waals surface area contributed by atoms with Gasteiger partial charge in [0, 0.05) is 34.4 Å². The summed E-state index contributed by atoms with van der Waals surface area (Å²) in [5.74, 6) is 0.139. The molecule has 2 aromatic carbocycles. The zero-order chi connectivity index (χ0) is 29.3. The van der Waals surface area contributed by atoms with Gasteiger partial charge < -0.3 is 0 Å². The van der Waals surface area contributed by atoms with E-state index in [4.69, 9.17) is 0 Å². The van der Waals surface area contributed by atoms with Crippen molar-refractivity contribution >= 4 is 32.6 Å². The minimum absolute atomic E-state index is 0.0953. The molecule has 2 unspecified atom stereocenters. The topological polar surface area (TPSA) is 59.1 Å². The predicted octanol–water partition coefficient (Wildman–Crippen LogP) is 8.31. The fourth-order valence-electron chi connectivity index (χ4n) is 4.92. The number of hydrogen-bond acceptors (Lipinski definition) is 3. The molecule has 1 heterocycles. The number of aryl methyl sites for hydroxylation is 1. The van der Waals surface area contributed by atoms with Crippen LogP contribution in [0.5, 0.6) is 0 Å². The van der Waals surface area contributed by atoms with Gasteiger partial charge in [0.1, 0.15) is 5.54 Å². The molecular weight excluding hydrogens is 641 g/mol. The Labute approximate surface area is 250 Å². The first kappa shape index (κ1) is 30.5. The molecule has 0 fully saturated rings. The predicted molar refractivity (Wildman–Crippen MR) is 165 cm³/mol. The summed E-state index contributed by atoms with van der Waals surface area (Å²) in [6.07, 6.45) is 8.71. The molecule has 0 amide bonds. The van der Waals surface area contributed by atoms with E-state index >= 15 is 0 Å². The number of alkyl halides is 3. The Balaban J connectivity index is 1.96. The molecule has 0 aliphatic heterocycles. The first-order chi connectivity index (χ1) is 18.6. The number of hydrogen-bond donors (Lipinski definition) is 1. The van der Waals surface area contributed by atoms with Crippen LogP contribution >= 0.6 is 22.6 Å². The van der Waals surface area contributed by atoms with E-state index in [9.17, 15) is 17.2 Å². The Morgan fingerprint density at radius 2 is 1.68 bits per heavy atom. The molecule has 1 aliphatic rings. The smallest absolute Gasteiger partial charge is 0.259 e. The minimum atomic E-state index is -4.13. The molecule has 0 saturated carbocycles. The monoisotopic (exact) mass is 676 g/mol. The van der Waals surface area contributed by atoms with E-state index in [-0.39, 0.29) is 28.2 Å². The number of sulfonamides is 1. The van der Waals surface area contributed by atoms with Crippen LogP contribution in [0.1, 0.15) is 68.5 Å². The molecule has 2 atom stereocenters. The highest BCUT2D eigenvalue weighted by molar-refractivity contribution is 14.1. The summed E-state index contributed by atoms with van der Waals surface area (Å²) in [7, 11) is -4.13. The van der Waals surface area contributed by atoms with Crippen LogP contribution in [0.2, 0.25) is 0 Å². The van der Waals surface area contributed by atoms with Crippen LogP contribution in [-0.4, -0.2) is 13.4 Å². The average molecular weight is 677 g/mol. The lowest BCUT2D eigenvalue weighted by Gasteiger charge is -2.37. The number of pyridine rings is 1. The molecule has 8 heteroatoms. The third-order valence-corrected chi connectivity index (χ3v) is 9.54. The van der Waals surface area contributed by atoms with E-state index in [1.807, 2.05) is 37.3 Å². The van der Waals surface area contributed by atoms with Crippen LogP contribution in [-0.2, 0) is 24.9 Å². The van der Waals surface area contributed by atoms with Crippen LogP contribution in [0.15, 0.2) is 95.6 Å². The molecular formula is C32H35F2IN2O2S. The summed E-state index contributed by atoms with van der Waals surface area (Å²) in [4.78, 5) is 4.77. The van der Waals surface area contributed by atoms with Crippen LogP contribution in [0.3, 0.4) is 0 Å². The normalized spacial score (nSPS) is 17.8. The second-order valence-electron chi connectivity index (χ2n) is 11.6. The lowest BCUT2D eigenvalue weighted by Crippen LogP contribution is -2.48. The van der Waals surface area contributed by atoms with E-state index in [0.717, 1.165) is 45.7 Å². The van der Waals surface area contributed by atoms with Crippen molar-refractivity contribution in [3.63, 3.8) is 0 Å². The fraction of sp³-hybridized carbons (Fsp3) is 0.344. The van der Waals surface area contributed by atoms with Crippen LogP contribution < -0.4 is 4.72 Å². The molecule has 1 N–H and O–H groups in total. The van der Waals surface area contributed by atoms with E-state index < -0.39 is 19.5 Å². The Morgan fingerprint density at radius 1 is 1.00 bits per heavy atom. The molecule has 0 radical (unpaired) electrons. The van der Waals surface area contributed by atoms with Crippen LogP contribution in [0.4, 0.5) is 8.78 Å². The van der Waals surface area contributed by atoms with Gasteiger partial charge in [0.05, 0.1) is 10.6 Å². The lowest BCUT2D eigenvalue weighted by molar-refractivity contribution is 0.127. The summed E-state index contributed by atoms with van der Waals surface area (Å²) >= 11 is 1.10. The summed E-state index contributed by atoms with van der Waals surface area (Å²) in [5, 5.41) is 0. The molecule has 212 valence electrons. The SMILES string of the molecule is Cc1ccc(C(CC2=CC=CCC2C)(NS(=O)(=O)c2ccc(C(C)(C)C)cc2)c2cccc(C(F)(F)I)c2)nc1. The maximum absolute atomic E-state index is 14.5. The van der Waals surface area contributed by atoms with Gasteiger partial charge in [-0.2, -0.15) is 13.5 Å². The van der Waals surface area contributed by atoms with Crippen molar-refractivity contribution in [2.24, 2.45) is 5.92 Å². The van der Waals surface area contributed by atoms with E-state index in [1.54, 1.807) is 36.5 Å². The fourth-order valence-corrected chi connectivity index (χ4v) is 6.62. The second kappa shape index (κ2) is 11.4. The van der Waals surface area contributed by atoms with Crippen molar-refractivity contribution in [1.29, 1.82) is 0 Å². The van der Waals surface area contributed by atoms with Gasteiger partial charge in [0.2, 0.25) is 10.0 Å². The van der Waals surface area contributed by atoms with E-state index in [0.29, 0.717) is 11.3 Å². The van der Waals surface area contributed by atoms with Crippen molar-refractivity contribution < 1.29 is 17.2 Å². The van der Waals surface area contributed by atoms with Crippen molar-refractivity contribution in [1.82, 2.24) is 9.71 Å². The Bertz CT molecular complexity index is 1520. The molecule has 0 bridgehead atoms. The molecule has 0 saturated heterocycles. The number of nitrogens with zero attached hydrogens (tertiary/aromatic N) is 1. The molecule has 0 spiro atoms. The highest BCUT2D eigenvalue weighted by Crippen LogP contribution is 2.43. The van der Waals surface area contributed by atoms with Gasteiger partial charge in [-0.3, -0.25) is 4.98 Å². The highest BCUT2D eigenvalue weighted by atomic mass is 127. The van der Waals surface area contributed by atoms with Crippen LogP contribution in [0, 0.1) is 12.8 Å². The molecule has 40 heavy (non-hydrogen) atoms. The van der Waals surface area contributed by atoms with E-state index in [1.165, 1.54) is 12.1 Å². The van der Waals surface area contributed by atoms with Crippen LogP contribution in [0.25, 0.3) is 0 Å². The zero-order valence-corrected chi connectivity index (χ0v) is 26.4. The van der Waals surface area contributed by atoms with Crippen molar-refractivity contribution in [2.75, 3.05) is 0 Å². The summed E-state index contributed by atoms with van der Waals surface area (Å²) in [5.41, 5.74) is 1.94. The first-order valence-corrected chi connectivity index (χ1v) is 15.8. The third kappa shape index (κ3) is 6.71. The molecule has 1 aliphatic carbocycles. The van der Waals surface area contributed by atoms with Crippen molar-refractivity contribution in [3.05, 3.63) is 119 Å². The van der Waals surface area contributed by atoms with Gasteiger partial charge in [0.15, 0.2) is 0 Å². The van der Waals surface area contributed by atoms with Crippen molar-refractivity contribution in [2.45, 2.75) is 67.2 Å². The molecule has 4 nitrogen and oxygen atoms in total. The Morgan fingerprint density at radius 3 is 2.25 bits per heavy atom. The first-order valence-electron chi connectivity index (χ1n) is 13.2. The van der Waals surface area contributed by atoms with Gasteiger partial charge in [0.25, 0.3) is 0 Å². The number of allylic oxidation sites excluding steroid dienone is 3. The Kier molecular flexibility index (Phi) is 8.74. The van der Waals surface area contributed by atoms with Crippen molar-refractivity contribution in [3.8, 4) is 0 Å². The van der Waals surface area contributed by atoms with Gasteiger partial charge in [-0.1, -0.05) is 87.9 Å². The standard InChI is InChI=1S/C32H35F2IN2O2S/c1-22-13-18-29(36-21-22)31(20-24-10-7-6-9-23(24)2,26-11-8-12-27(19-26)32(33,34)35)37-40(38,39)28-16-14-25(15-17-28)30(3,4)5/h6-8,10-19,21,23,37H,9,20H2,1-5H3. The third-order valence-electron chi connectivity index (χ3n) is 7.41. The maximum atomic E-state index is 14.5. The van der Waals surface area contributed by atoms with E-state index in [2.05, 4.69) is 43.5 Å². The maximum Gasteiger partial charge on any atom is 0.321 e. The number of benzene rings is 2. The largest absolute Gasteiger partial charge is 0.321 e. The summed E-state index contributed by atoms with van der Waals surface area (Å²) in [6, 6.07) is 16.4. The van der Waals surface area contributed by atoms with Gasteiger partial charge >= 0.3 is 3.93 Å². The minimum Gasteiger partial charge on any atom is -0.259 e. The Hall–Kier alpha value is -2.43. The number of rotatable bonds is 8. The highest BCUT2D eigenvalue weighted by Gasteiger charge is 2.42. The average Bonchev–Trinajstić information content (AvgIpc) is 2.89. The zero-order valence-electron chi connectivity index (χ0n) is 23.4. The number of nitrogens with one attached hydrogen (secondary N) is 1. The number of aromatic nitrogens is 1. The molecule has 3 aromatic rings. The molecule has 4 rings (SSSR count). The summed E-state index contributed by atoms with van der Waals surface area (Å²) in [6.45, 7) is 10.2. The van der Waals surface area contributed by atoms with Gasteiger partial charge in [-0.25, -0.2) is 8.42 Å². The molecule has 1 aromatic heterocycles. The van der Waals surface area contributed by atoms with Gasteiger partial charge in [-0.15, -0.1) is 0 Å². The lowest BCUT2D eigenvalue weighted by atomic mass is 9.76. The quantitative estimate of drug-likeness (QED) is 0.193. The number of halogens is 3. The summed E-state index contributed by atoms with van der Waals surface area (Å²) < 4.78 is 57.1.